The first-order chi connectivity index (χ1) is 11.4. The largest absolute Gasteiger partial charge is 0.323 e. The summed E-state index contributed by atoms with van der Waals surface area (Å²) in [7, 11) is 0. The lowest BCUT2D eigenvalue weighted by atomic mass is 10.2. The minimum absolute atomic E-state index is 0.310. The number of carbonyl (C=O) groups excluding carboxylic acids is 1. The lowest BCUT2D eigenvalue weighted by Crippen LogP contribution is -2.19. The van der Waals surface area contributed by atoms with Crippen LogP contribution in [0.25, 0.3) is 11.0 Å². The van der Waals surface area contributed by atoms with Crippen LogP contribution in [-0.2, 0) is 0 Å². The smallest absolute Gasteiger partial charge is 0.308 e. The molecule has 0 saturated heterocycles. The average Bonchev–Trinajstić information content (AvgIpc) is 2.51. The van der Waals surface area contributed by atoms with E-state index >= 15 is 0 Å². The SMILES string of the molecule is Cc1ccc(NC(=O)Nc2ccc3nc(C)c(C)nc3c2)c(Br)c1. The molecule has 0 aliphatic carbocycles. The fraction of sp³-hybridized carbons (Fsp3) is 0.167. The molecule has 0 saturated carbocycles. The van der Waals surface area contributed by atoms with Gasteiger partial charge in [-0.3, -0.25) is 0 Å². The van der Waals surface area contributed by atoms with Crippen molar-refractivity contribution in [3.8, 4) is 0 Å². The molecule has 5 nitrogen and oxygen atoms in total. The maximum Gasteiger partial charge on any atom is 0.323 e. The molecule has 24 heavy (non-hydrogen) atoms. The van der Waals surface area contributed by atoms with E-state index in [1.807, 2.05) is 57.2 Å². The Labute approximate surface area is 148 Å². The van der Waals surface area contributed by atoms with Gasteiger partial charge in [0.2, 0.25) is 0 Å². The molecule has 0 unspecified atom stereocenters. The van der Waals surface area contributed by atoms with Gasteiger partial charge >= 0.3 is 6.03 Å². The summed E-state index contributed by atoms with van der Waals surface area (Å²) in [4.78, 5) is 21.2. The van der Waals surface area contributed by atoms with Crippen LogP contribution in [0.2, 0.25) is 0 Å². The molecule has 0 radical (unpaired) electrons. The van der Waals surface area contributed by atoms with Gasteiger partial charge in [0.05, 0.1) is 28.1 Å². The van der Waals surface area contributed by atoms with E-state index in [1.54, 1.807) is 0 Å². The summed E-state index contributed by atoms with van der Waals surface area (Å²) in [6.45, 7) is 5.85. The van der Waals surface area contributed by atoms with Crippen molar-refractivity contribution in [1.29, 1.82) is 0 Å². The Morgan fingerprint density at radius 1 is 0.917 bits per heavy atom. The Kier molecular flexibility index (Phi) is 4.49. The Bertz CT molecular complexity index is 940. The standard InChI is InChI=1S/C18H17BrN4O/c1-10-4-6-15(14(19)8-10)23-18(24)22-13-5-7-16-17(9-13)21-12(3)11(2)20-16/h4-9H,1-3H3,(H2,22,23,24). The van der Waals surface area contributed by atoms with Gasteiger partial charge in [0.15, 0.2) is 0 Å². The van der Waals surface area contributed by atoms with Crippen molar-refractivity contribution in [2.75, 3.05) is 10.6 Å². The van der Waals surface area contributed by atoms with E-state index in [9.17, 15) is 4.79 Å². The average molecular weight is 385 g/mol. The van der Waals surface area contributed by atoms with Gasteiger partial charge in [-0.1, -0.05) is 6.07 Å². The van der Waals surface area contributed by atoms with Gasteiger partial charge < -0.3 is 10.6 Å². The number of anilines is 2. The molecule has 0 aliphatic heterocycles. The van der Waals surface area contributed by atoms with Crippen LogP contribution in [-0.4, -0.2) is 16.0 Å². The molecule has 2 amide bonds. The van der Waals surface area contributed by atoms with Gasteiger partial charge in [0.1, 0.15) is 0 Å². The first-order valence-corrected chi connectivity index (χ1v) is 8.31. The summed E-state index contributed by atoms with van der Waals surface area (Å²) in [5, 5.41) is 5.64. The first kappa shape index (κ1) is 16.4. The minimum atomic E-state index is -0.310. The molecule has 0 aliphatic rings. The van der Waals surface area contributed by atoms with Gasteiger partial charge in [-0.25, -0.2) is 14.8 Å². The zero-order chi connectivity index (χ0) is 17.3. The number of aromatic nitrogens is 2. The molecule has 0 bridgehead atoms. The van der Waals surface area contributed by atoms with E-state index < -0.39 is 0 Å². The summed E-state index contributed by atoms with van der Waals surface area (Å²) in [6, 6.07) is 10.9. The molecule has 2 aromatic carbocycles. The second-order valence-corrected chi connectivity index (χ2v) is 6.51. The molecule has 0 fully saturated rings. The van der Waals surface area contributed by atoms with Gasteiger partial charge in [0, 0.05) is 10.2 Å². The third-order valence-electron chi connectivity index (χ3n) is 3.71. The fourth-order valence-electron chi connectivity index (χ4n) is 2.31. The quantitative estimate of drug-likeness (QED) is 0.655. The van der Waals surface area contributed by atoms with Gasteiger partial charge in [-0.2, -0.15) is 0 Å². The van der Waals surface area contributed by atoms with E-state index in [2.05, 4.69) is 36.5 Å². The summed E-state index contributed by atoms with van der Waals surface area (Å²) in [6.07, 6.45) is 0. The Balaban J connectivity index is 1.78. The third kappa shape index (κ3) is 3.54. The second kappa shape index (κ2) is 6.57. The number of hydrogen-bond donors (Lipinski definition) is 2. The highest BCUT2D eigenvalue weighted by Gasteiger charge is 2.08. The predicted molar refractivity (Wildman–Crippen MR) is 101 cm³/mol. The van der Waals surface area contributed by atoms with Gasteiger partial charge in [-0.05, 0) is 72.6 Å². The number of fused-ring (bicyclic) bond motifs is 1. The molecule has 2 N–H and O–H groups in total. The van der Waals surface area contributed by atoms with Crippen LogP contribution in [0, 0.1) is 20.8 Å². The molecular formula is C18H17BrN4O. The van der Waals surface area contributed by atoms with Crippen molar-refractivity contribution in [3.63, 3.8) is 0 Å². The third-order valence-corrected chi connectivity index (χ3v) is 4.36. The van der Waals surface area contributed by atoms with Crippen molar-refractivity contribution < 1.29 is 4.79 Å². The van der Waals surface area contributed by atoms with Gasteiger partial charge in [0.25, 0.3) is 0 Å². The topological polar surface area (TPSA) is 66.9 Å². The summed E-state index contributed by atoms with van der Waals surface area (Å²) in [5.74, 6) is 0. The van der Waals surface area contributed by atoms with Crippen molar-refractivity contribution in [2.24, 2.45) is 0 Å². The van der Waals surface area contributed by atoms with Crippen molar-refractivity contribution in [3.05, 3.63) is 57.8 Å². The normalized spacial score (nSPS) is 10.7. The van der Waals surface area contributed by atoms with Crippen LogP contribution < -0.4 is 10.6 Å². The minimum Gasteiger partial charge on any atom is -0.308 e. The van der Waals surface area contributed by atoms with E-state index in [0.717, 1.165) is 32.5 Å². The Morgan fingerprint density at radius 3 is 2.33 bits per heavy atom. The zero-order valence-electron chi connectivity index (χ0n) is 13.6. The van der Waals surface area contributed by atoms with Crippen LogP contribution in [0.3, 0.4) is 0 Å². The lowest BCUT2D eigenvalue weighted by molar-refractivity contribution is 0.262. The molecule has 3 rings (SSSR count). The maximum atomic E-state index is 12.2. The summed E-state index contributed by atoms with van der Waals surface area (Å²) < 4.78 is 0.841. The highest BCUT2D eigenvalue weighted by atomic mass is 79.9. The van der Waals surface area contributed by atoms with Crippen LogP contribution in [0.1, 0.15) is 17.0 Å². The molecule has 6 heteroatoms. The first-order valence-electron chi connectivity index (χ1n) is 7.51. The second-order valence-electron chi connectivity index (χ2n) is 5.66. The molecular weight excluding hydrogens is 368 g/mol. The molecule has 0 spiro atoms. The monoisotopic (exact) mass is 384 g/mol. The lowest BCUT2D eigenvalue weighted by Gasteiger charge is -2.10. The Hall–Kier alpha value is -2.47. The molecule has 1 aromatic heterocycles. The molecule has 0 atom stereocenters. The van der Waals surface area contributed by atoms with E-state index in [1.165, 1.54) is 0 Å². The number of nitrogens with one attached hydrogen (secondary N) is 2. The van der Waals surface area contributed by atoms with Crippen LogP contribution in [0.15, 0.2) is 40.9 Å². The number of halogens is 1. The summed E-state index contributed by atoms with van der Waals surface area (Å²) in [5.41, 5.74) is 5.85. The number of amides is 2. The number of benzene rings is 2. The van der Waals surface area contributed by atoms with E-state index in [4.69, 9.17) is 0 Å². The highest BCUT2D eigenvalue weighted by Crippen LogP contribution is 2.24. The summed E-state index contributed by atoms with van der Waals surface area (Å²) >= 11 is 3.45. The maximum absolute atomic E-state index is 12.2. The predicted octanol–water partition coefficient (Wildman–Crippen LogP) is 4.96. The molecule has 3 aromatic rings. The molecule has 122 valence electrons. The number of rotatable bonds is 2. The highest BCUT2D eigenvalue weighted by molar-refractivity contribution is 9.10. The number of urea groups is 1. The van der Waals surface area contributed by atoms with Crippen molar-refractivity contribution in [2.45, 2.75) is 20.8 Å². The Morgan fingerprint density at radius 2 is 1.62 bits per heavy atom. The number of aryl methyl sites for hydroxylation is 3. The van der Waals surface area contributed by atoms with Crippen LogP contribution in [0.4, 0.5) is 16.2 Å². The molecule has 1 heterocycles. The van der Waals surface area contributed by atoms with Gasteiger partial charge in [-0.15, -0.1) is 0 Å². The fourth-order valence-corrected chi connectivity index (χ4v) is 2.91. The van der Waals surface area contributed by atoms with Crippen molar-refractivity contribution >= 4 is 44.4 Å². The zero-order valence-corrected chi connectivity index (χ0v) is 15.2. The number of hydrogen-bond acceptors (Lipinski definition) is 3. The van der Waals surface area contributed by atoms with E-state index in [0.29, 0.717) is 11.4 Å². The van der Waals surface area contributed by atoms with Crippen LogP contribution >= 0.6 is 15.9 Å². The van der Waals surface area contributed by atoms with E-state index in [-0.39, 0.29) is 6.03 Å². The van der Waals surface area contributed by atoms with Crippen LogP contribution in [0.5, 0.6) is 0 Å². The van der Waals surface area contributed by atoms with Crippen molar-refractivity contribution in [1.82, 2.24) is 9.97 Å². The number of carbonyl (C=O) groups is 1. The number of nitrogens with zero attached hydrogens (tertiary/aromatic N) is 2.